The topological polar surface area (TPSA) is 100 Å². The fourth-order valence-electron chi connectivity index (χ4n) is 6.97. The molecule has 9 nitrogen and oxygen atoms in total. The van der Waals surface area contributed by atoms with Crippen molar-refractivity contribution >= 4 is 28.0 Å². The maximum absolute atomic E-state index is 13.6. The summed E-state index contributed by atoms with van der Waals surface area (Å²) in [7, 11) is 3.68. The summed E-state index contributed by atoms with van der Waals surface area (Å²) in [5.41, 5.74) is 11.8. The Balaban J connectivity index is 1.24. The van der Waals surface area contributed by atoms with Crippen LogP contribution in [-0.4, -0.2) is 68.9 Å². The van der Waals surface area contributed by atoms with Gasteiger partial charge in [0.2, 0.25) is 0 Å². The van der Waals surface area contributed by atoms with Crippen LogP contribution in [-0.2, 0) is 18.3 Å². The smallest absolute Gasteiger partial charge is 0.254 e. The molecule has 3 aromatic heterocycles. The second-order valence-electron chi connectivity index (χ2n) is 11.9. The van der Waals surface area contributed by atoms with Gasteiger partial charge < -0.3 is 29.2 Å². The predicted octanol–water partition coefficient (Wildman–Crippen LogP) is 3.68. The summed E-state index contributed by atoms with van der Waals surface area (Å²) in [5, 5.41) is 1.12. The highest BCUT2D eigenvalue weighted by Gasteiger charge is 2.47. The van der Waals surface area contributed by atoms with Crippen molar-refractivity contribution in [3.05, 3.63) is 41.6 Å². The third kappa shape index (κ3) is 3.55. The van der Waals surface area contributed by atoms with Crippen LogP contribution in [0.3, 0.4) is 0 Å². The van der Waals surface area contributed by atoms with Crippen molar-refractivity contribution in [3.8, 4) is 17.3 Å². The van der Waals surface area contributed by atoms with Gasteiger partial charge in [-0.25, -0.2) is 9.97 Å². The number of methoxy groups -OCH3 is 1. The lowest BCUT2D eigenvalue weighted by atomic mass is 10.0. The van der Waals surface area contributed by atoms with Crippen LogP contribution in [0.1, 0.15) is 47.7 Å². The van der Waals surface area contributed by atoms with Crippen LogP contribution < -0.4 is 10.5 Å². The maximum atomic E-state index is 13.6. The number of aromatic nitrogens is 4. The summed E-state index contributed by atoms with van der Waals surface area (Å²) >= 11 is 0. The number of pyridine rings is 1. The number of nitrogens with two attached hydrogens (primary N) is 1. The molecule has 2 saturated heterocycles. The zero-order chi connectivity index (χ0) is 26.4. The van der Waals surface area contributed by atoms with Gasteiger partial charge in [-0.2, -0.15) is 0 Å². The van der Waals surface area contributed by atoms with E-state index in [1.165, 1.54) is 12.8 Å². The monoisotopic (exact) mass is 526 g/mol. The molecule has 2 unspecified atom stereocenters. The van der Waals surface area contributed by atoms with Crippen LogP contribution in [0.2, 0.25) is 0 Å². The summed E-state index contributed by atoms with van der Waals surface area (Å²) in [6, 6.07) is 10.5. The van der Waals surface area contributed by atoms with Gasteiger partial charge >= 0.3 is 0 Å². The standard InChI is InChI=1S/C30H34N6O3/c1-34-27-22(9-19(11-25(27)38-2)30(37)36-13-18-6-8-23(36)26(18)31)33-29(34)24-10-17-5-7-21(20-14-39-15-20)32-28(17)35(24)12-16-3-4-16/h5,7,9-11,16,18,20,23,26H,3-4,6,8,12-15,31H2,1-2H3/t18?,23?,26-/m1/s1. The van der Waals surface area contributed by atoms with Gasteiger partial charge in [-0.1, -0.05) is 0 Å². The van der Waals surface area contributed by atoms with Crippen molar-refractivity contribution in [2.24, 2.45) is 24.6 Å². The minimum atomic E-state index is 0.0182. The van der Waals surface area contributed by atoms with E-state index in [4.69, 9.17) is 25.2 Å². The van der Waals surface area contributed by atoms with Crippen molar-refractivity contribution in [2.75, 3.05) is 26.9 Å². The van der Waals surface area contributed by atoms with Gasteiger partial charge in [-0.3, -0.25) is 4.79 Å². The van der Waals surface area contributed by atoms with Gasteiger partial charge in [0.1, 0.15) is 16.9 Å². The second kappa shape index (κ2) is 8.53. The number of amides is 1. The summed E-state index contributed by atoms with van der Waals surface area (Å²) in [6.07, 6.45) is 4.60. The Morgan fingerprint density at radius 3 is 2.64 bits per heavy atom. The molecule has 2 bridgehead atoms. The van der Waals surface area contributed by atoms with Crippen LogP contribution in [0, 0.1) is 11.8 Å². The van der Waals surface area contributed by atoms with Crippen molar-refractivity contribution in [3.63, 3.8) is 0 Å². The highest BCUT2D eigenvalue weighted by atomic mass is 16.5. The Bertz CT molecular complexity index is 1630. The van der Waals surface area contributed by atoms with E-state index in [0.717, 1.165) is 78.4 Å². The van der Waals surface area contributed by atoms with Crippen molar-refractivity contribution in [2.45, 2.75) is 50.2 Å². The van der Waals surface area contributed by atoms with Crippen LogP contribution in [0.4, 0.5) is 0 Å². The number of benzene rings is 1. The first kappa shape index (κ1) is 23.5. The van der Waals surface area contributed by atoms with Crippen molar-refractivity contribution in [1.82, 2.24) is 24.0 Å². The molecule has 202 valence electrons. The van der Waals surface area contributed by atoms with Crippen molar-refractivity contribution < 1.29 is 14.3 Å². The number of fused-ring (bicyclic) bond motifs is 4. The first-order chi connectivity index (χ1) is 19.0. The summed E-state index contributed by atoms with van der Waals surface area (Å²) in [5.74, 6) is 2.98. The average Bonchev–Trinajstić information content (AvgIpc) is 3.32. The largest absolute Gasteiger partial charge is 0.494 e. The molecule has 2 N–H and O–H groups in total. The van der Waals surface area contributed by atoms with Crippen LogP contribution >= 0.6 is 0 Å². The molecule has 1 amide bonds. The van der Waals surface area contributed by atoms with E-state index in [1.54, 1.807) is 7.11 Å². The van der Waals surface area contributed by atoms with Gasteiger partial charge in [0.05, 0.1) is 37.2 Å². The minimum Gasteiger partial charge on any atom is -0.494 e. The average molecular weight is 527 g/mol. The van der Waals surface area contributed by atoms with Gasteiger partial charge in [-0.05, 0) is 67.9 Å². The molecule has 8 rings (SSSR count). The molecule has 2 aliphatic carbocycles. The number of rotatable bonds is 6. The maximum Gasteiger partial charge on any atom is 0.254 e. The fourth-order valence-corrected chi connectivity index (χ4v) is 6.97. The third-order valence-electron chi connectivity index (χ3n) is 9.50. The first-order valence-corrected chi connectivity index (χ1v) is 14.2. The molecule has 2 saturated carbocycles. The van der Waals surface area contributed by atoms with E-state index in [-0.39, 0.29) is 18.0 Å². The molecular formula is C30H34N6O3. The van der Waals surface area contributed by atoms with Crippen LogP contribution in [0.5, 0.6) is 5.75 Å². The zero-order valence-electron chi connectivity index (χ0n) is 22.5. The molecule has 0 spiro atoms. The zero-order valence-corrected chi connectivity index (χ0v) is 22.5. The number of hydrogen-bond acceptors (Lipinski definition) is 6. The number of aryl methyl sites for hydroxylation is 1. The molecular weight excluding hydrogens is 492 g/mol. The number of imidazole rings is 1. The van der Waals surface area contributed by atoms with Gasteiger partial charge in [0.25, 0.3) is 5.91 Å². The van der Waals surface area contributed by atoms with Gasteiger partial charge in [0.15, 0.2) is 5.82 Å². The normalized spacial score (nSPS) is 24.7. The molecule has 1 aromatic carbocycles. The Labute approximate surface area is 226 Å². The number of hydrogen-bond donors (Lipinski definition) is 1. The van der Waals surface area contributed by atoms with Crippen LogP contribution in [0.15, 0.2) is 30.3 Å². The quantitative estimate of drug-likeness (QED) is 0.411. The van der Waals surface area contributed by atoms with Crippen LogP contribution in [0.25, 0.3) is 33.6 Å². The SMILES string of the molecule is COc1cc(C(=O)N2CC3CCC2[C@@H]3N)cc2nc(-c3cc4ccc(C5COC5)nc4n3CC3CC3)n(C)c12. The van der Waals surface area contributed by atoms with Gasteiger partial charge in [-0.15, -0.1) is 0 Å². The number of carbonyl (C=O) groups excluding carboxylic acids is 1. The molecule has 5 heterocycles. The first-order valence-electron chi connectivity index (χ1n) is 14.2. The van der Waals surface area contributed by atoms with E-state index in [9.17, 15) is 4.79 Å². The van der Waals surface area contributed by atoms with Gasteiger partial charge in [0, 0.05) is 49.1 Å². The number of ether oxygens (including phenoxy) is 2. The third-order valence-corrected chi connectivity index (χ3v) is 9.50. The van der Waals surface area contributed by atoms with E-state index < -0.39 is 0 Å². The molecule has 4 aromatic rings. The summed E-state index contributed by atoms with van der Waals surface area (Å²) in [6.45, 7) is 3.15. The molecule has 4 aliphatic rings. The number of likely N-dealkylation sites (tertiary alicyclic amines) is 1. The summed E-state index contributed by atoms with van der Waals surface area (Å²) < 4.78 is 15.7. The lowest BCUT2D eigenvalue weighted by Gasteiger charge is -2.27. The Morgan fingerprint density at radius 1 is 1.13 bits per heavy atom. The highest BCUT2D eigenvalue weighted by Crippen LogP contribution is 2.40. The molecule has 4 fully saturated rings. The number of carbonyl (C=O) groups is 1. The molecule has 39 heavy (non-hydrogen) atoms. The predicted molar refractivity (Wildman–Crippen MR) is 148 cm³/mol. The molecule has 3 atom stereocenters. The minimum absolute atomic E-state index is 0.0182. The lowest BCUT2D eigenvalue weighted by Crippen LogP contribution is -2.41. The van der Waals surface area contributed by atoms with E-state index in [0.29, 0.717) is 29.1 Å². The highest BCUT2D eigenvalue weighted by molar-refractivity contribution is 6.00. The van der Waals surface area contributed by atoms with E-state index in [2.05, 4.69) is 27.3 Å². The lowest BCUT2D eigenvalue weighted by molar-refractivity contribution is 0.00682. The van der Waals surface area contributed by atoms with Crippen molar-refractivity contribution in [1.29, 1.82) is 0 Å². The Kier molecular flexibility index (Phi) is 5.13. The molecule has 2 aliphatic heterocycles. The fraction of sp³-hybridized carbons (Fsp3) is 0.500. The van der Waals surface area contributed by atoms with E-state index in [1.807, 2.05) is 24.1 Å². The Morgan fingerprint density at radius 2 is 1.97 bits per heavy atom. The Hall–Kier alpha value is -3.43. The number of nitrogens with zero attached hydrogens (tertiary/aromatic N) is 5. The molecule has 9 heteroatoms. The number of piperidine rings is 1. The summed E-state index contributed by atoms with van der Waals surface area (Å²) in [4.78, 5) is 25.8. The molecule has 0 radical (unpaired) electrons. The van der Waals surface area contributed by atoms with E-state index >= 15 is 0 Å². The second-order valence-corrected chi connectivity index (χ2v) is 11.9.